The van der Waals surface area contributed by atoms with Crippen molar-refractivity contribution >= 4 is 23.2 Å². The molecular formula is C14H17Cl2N3. The second kappa shape index (κ2) is 7.53. The fourth-order valence-corrected chi connectivity index (χ4v) is 2.38. The van der Waals surface area contributed by atoms with Crippen LogP contribution >= 0.6 is 23.2 Å². The summed E-state index contributed by atoms with van der Waals surface area (Å²) in [4.78, 5) is 4.01. The number of imidazole rings is 1. The Morgan fingerprint density at radius 1 is 1.21 bits per heavy atom. The Morgan fingerprint density at radius 2 is 2.11 bits per heavy atom. The first kappa shape index (κ1) is 14.4. The van der Waals surface area contributed by atoms with E-state index < -0.39 is 0 Å². The second-order valence-electron chi connectivity index (χ2n) is 4.39. The van der Waals surface area contributed by atoms with E-state index >= 15 is 0 Å². The average molecular weight is 298 g/mol. The predicted molar refractivity (Wildman–Crippen MR) is 79.9 cm³/mol. The first-order chi connectivity index (χ1) is 9.25. The van der Waals surface area contributed by atoms with Crippen molar-refractivity contribution in [3.8, 4) is 0 Å². The summed E-state index contributed by atoms with van der Waals surface area (Å²) in [5.74, 6) is 0. The Morgan fingerprint density at radius 3 is 2.84 bits per heavy atom. The molecule has 0 unspecified atom stereocenters. The van der Waals surface area contributed by atoms with Crippen LogP contribution in [-0.2, 0) is 13.0 Å². The van der Waals surface area contributed by atoms with Crippen molar-refractivity contribution in [2.24, 2.45) is 0 Å². The first-order valence-electron chi connectivity index (χ1n) is 6.36. The predicted octanol–water partition coefficient (Wildman–Crippen LogP) is 3.41. The van der Waals surface area contributed by atoms with Gasteiger partial charge in [-0.3, -0.25) is 0 Å². The fraction of sp³-hybridized carbons (Fsp3) is 0.357. The molecule has 0 bridgehead atoms. The lowest BCUT2D eigenvalue weighted by Crippen LogP contribution is -2.19. The highest BCUT2D eigenvalue weighted by Gasteiger charge is 2.00. The van der Waals surface area contributed by atoms with Crippen molar-refractivity contribution in [2.75, 3.05) is 13.1 Å². The summed E-state index contributed by atoms with van der Waals surface area (Å²) in [7, 11) is 0. The third-order valence-electron chi connectivity index (χ3n) is 2.92. The highest BCUT2D eigenvalue weighted by Crippen LogP contribution is 2.20. The van der Waals surface area contributed by atoms with Gasteiger partial charge in [0.1, 0.15) is 0 Å². The molecule has 0 spiro atoms. The lowest BCUT2D eigenvalue weighted by atomic mass is 10.1. The molecule has 0 aliphatic rings. The van der Waals surface area contributed by atoms with Crippen LogP contribution in [0.25, 0.3) is 0 Å². The fourth-order valence-electron chi connectivity index (χ4n) is 1.88. The van der Waals surface area contributed by atoms with Crippen molar-refractivity contribution in [1.82, 2.24) is 14.9 Å². The van der Waals surface area contributed by atoms with E-state index in [1.165, 1.54) is 0 Å². The molecule has 0 amide bonds. The zero-order chi connectivity index (χ0) is 13.5. The molecule has 3 nitrogen and oxygen atoms in total. The number of rotatable bonds is 7. The lowest BCUT2D eigenvalue weighted by molar-refractivity contribution is 0.582. The van der Waals surface area contributed by atoms with Gasteiger partial charge in [0.25, 0.3) is 0 Å². The number of aromatic nitrogens is 2. The Labute approximate surface area is 123 Å². The third kappa shape index (κ3) is 4.86. The number of aryl methyl sites for hydroxylation is 1. The van der Waals surface area contributed by atoms with E-state index in [9.17, 15) is 0 Å². The van der Waals surface area contributed by atoms with E-state index in [1.807, 2.05) is 24.7 Å². The molecule has 102 valence electrons. The Bertz CT molecular complexity index is 497. The van der Waals surface area contributed by atoms with Crippen LogP contribution in [0.5, 0.6) is 0 Å². The minimum absolute atomic E-state index is 0.682. The van der Waals surface area contributed by atoms with E-state index in [2.05, 4.69) is 14.9 Å². The number of nitrogens with one attached hydrogen (secondary N) is 1. The molecule has 2 aromatic rings. The minimum Gasteiger partial charge on any atom is -0.337 e. The zero-order valence-electron chi connectivity index (χ0n) is 10.6. The van der Waals surface area contributed by atoms with E-state index in [1.54, 1.807) is 12.3 Å². The Balaban J connectivity index is 1.61. The molecule has 5 heteroatoms. The molecule has 0 atom stereocenters. The van der Waals surface area contributed by atoms with Crippen LogP contribution in [0, 0.1) is 0 Å². The molecule has 19 heavy (non-hydrogen) atoms. The van der Waals surface area contributed by atoms with Gasteiger partial charge in [0, 0.05) is 29.0 Å². The molecule has 1 N–H and O–H groups in total. The molecule has 0 saturated carbocycles. The summed E-state index contributed by atoms with van der Waals surface area (Å²) in [6.45, 7) is 2.91. The van der Waals surface area contributed by atoms with Gasteiger partial charge in [-0.1, -0.05) is 29.3 Å². The van der Waals surface area contributed by atoms with Crippen molar-refractivity contribution in [3.63, 3.8) is 0 Å². The van der Waals surface area contributed by atoms with Crippen molar-refractivity contribution in [1.29, 1.82) is 0 Å². The molecule has 0 fully saturated rings. The van der Waals surface area contributed by atoms with Gasteiger partial charge in [0.2, 0.25) is 0 Å². The van der Waals surface area contributed by atoms with Gasteiger partial charge in [-0.15, -0.1) is 0 Å². The number of halogens is 2. The second-order valence-corrected chi connectivity index (χ2v) is 5.23. The van der Waals surface area contributed by atoms with E-state index in [4.69, 9.17) is 23.2 Å². The number of benzene rings is 1. The number of hydrogen-bond acceptors (Lipinski definition) is 2. The number of nitrogens with zero attached hydrogens (tertiary/aromatic N) is 2. The van der Waals surface area contributed by atoms with Gasteiger partial charge in [-0.25, -0.2) is 4.98 Å². The van der Waals surface area contributed by atoms with Gasteiger partial charge in [0.15, 0.2) is 0 Å². The molecule has 0 radical (unpaired) electrons. The smallest absolute Gasteiger partial charge is 0.0945 e. The number of hydrogen-bond donors (Lipinski definition) is 1. The standard InChI is InChI=1S/C14H17Cl2N3/c15-13-3-2-12(14(16)10-13)4-6-17-5-1-8-19-9-7-18-11-19/h2-3,7,9-11,17H,1,4-6,8H2. The molecule has 0 aliphatic heterocycles. The van der Waals surface area contributed by atoms with Gasteiger partial charge in [-0.05, 0) is 43.6 Å². The van der Waals surface area contributed by atoms with Crippen LogP contribution in [-0.4, -0.2) is 22.6 Å². The van der Waals surface area contributed by atoms with Crippen molar-refractivity contribution < 1.29 is 0 Å². The van der Waals surface area contributed by atoms with Gasteiger partial charge >= 0.3 is 0 Å². The molecule has 0 saturated heterocycles. The van der Waals surface area contributed by atoms with Crippen LogP contribution in [0.15, 0.2) is 36.9 Å². The maximum absolute atomic E-state index is 6.11. The SMILES string of the molecule is Clc1ccc(CCNCCCn2ccnc2)c(Cl)c1. The van der Waals surface area contributed by atoms with Crippen LogP contribution in [0.1, 0.15) is 12.0 Å². The third-order valence-corrected chi connectivity index (χ3v) is 3.50. The van der Waals surface area contributed by atoms with Crippen LogP contribution in [0.3, 0.4) is 0 Å². The normalized spacial score (nSPS) is 10.8. The summed E-state index contributed by atoms with van der Waals surface area (Å²) in [6, 6.07) is 5.65. The molecule has 2 rings (SSSR count). The summed E-state index contributed by atoms with van der Waals surface area (Å²) in [5.41, 5.74) is 1.13. The van der Waals surface area contributed by atoms with E-state index in [0.717, 1.165) is 43.1 Å². The van der Waals surface area contributed by atoms with Crippen molar-refractivity contribution in [3.05, 3.63) is 52.5 Å². The summed E-state index contributed by atoms with van der Waals surface area (Å²) in [6.07, 6.45) is 7.63. The highest BCUT2D eigenvalue weighted by molar-refractivity contribution is 6.35. The van der Waals surface area contributed by atoms with Gasteiger partial charge < -0.3 is 9.88 Å². The monoisotopic (exact) mass is 297 g/mol. The largest absolute Gasteiger partial charge is 0.337 e. The average Bonchev–Trinajstić information content (AvgIpc) is 2.89. The summed E-state index contributed by atoms with van der Waals surface area (Å²) >= 11 is 12.0. The summed E-state index contributed by atoms with van der Waals surface area (Å²) in [5, 5.41) is 4.84. The van der Waals surface area contributed by atoms with Crippen LogP contribution < -0.4 is 5.32 Å². The maximum atomic E-state index is 6.11. The van der Waals surface area contributed by atoms with E-state index in [-0.39, 0.29) is 0 Å². The summed E-state index contributed by atoms with van der Waals surface area (Å²) < 4.78 is 2.08. The quantitative estimate of drug-likeness (QED) is 0.794. The zero-order valence-corrected chi connectivity index (χ0v) is 12.2. The molecule has 0 aliphatic carbocycles. The molecule has 1 heterocycles. The first-order valence-corrected chi connectivity index (χ1v) is 7.11. The Kier molecular flexibility index (Phi) is 5.70. The minimum atomic E-state index is 0.682. The molecule has 1 aromatic heterocycles. The Hall–Kier alpha value is -1.03. The van der Waals surface area contributed by atoms with Crippen LogP contribution in [0.4, 0.5) is 0 Å². The highest BCUT2D eigenvalue weighted by atomic mass is 35.5. The topological polar surface area (TPSA) is 29.9 Å². The lowest BCUT2D eigenvalue weighted by Gasteiger charge is -2.07. The molecule has 1 aromatic carbocycles. The molecular weight excluding hydrogens is 281 g/mol. The van der Waals surface area contributed by atoms with Crippen LogP contribution in [0.2, 0.25) is 10.0 Å². The van der Waals surface area contributed by atoms with E-state index in [0.29, 0.717) is 5.02 Å². The van der Waals surface area contributed by atoms with Crippen molar-refractivity contribution in [2.45, 2.75) is 19.4 Å². The van der Waals surface area contributed by atoms with Gasteiger partial charge in [-0.2, -0.15) is 0 Å². The van der Waals surface area contributed by atoms with Gasteiger partial charge in [0.05, 0.1) is 6.33 Å². The maximum Gasteiger partial charge on any atom is 0.0945 e.